The maximum atomic E-state index is 13.8. The quantitative estimate of drug-likeness (QED) is 0.902. The third kappa shape index (κ3) is 3.12. The number of nitrogens with two attached hydrogens (primary N) is 1. The van der Waals surface area contributed by atoms with E-state index >= 15 is 0 Å². The van der Waals surface area contributed by atoms with E-state index in [0.717, 1.165) is 5.56 Å². The second-order valence-corrected chi connectivity index (χ2v) is 4.52. The number of benzene rings is 2. The van der Waals surface area contributed by atoms with Gasteiger partial charge >= 0.3 is 0 Å². The van der Waals surface area contributed by atoms with E-state index in [1.807, 2.05) is 0 Å². The van der Waals surface area contributed by atoms with E-state index in [2.05, 4.69) is 5.32 Å². The Balaban J connectivity index is 2.37. The molecule has 2 rings (SSSR count). The maximum Gasteiger partial charge on any atom is 0.244 e. The van der Waals surface area contributed by atoms with Crippen molar-refractivity contribution in [1.82, 2.24) is 0 Å². The smallest absolute Gasteiger partial charge is 0.244 e. The van der Waals surface area contributed by atoms with Gasteiger partial charge in [0.05, 0.1) is 0 Å². The Bertz CT molecular complexity index is 644. The SMILES string of the molecule is Cc1ccc(F)c(C(Nc2cccc(F)c2)C(N)=O)c1. The minimum absolute atomic E-state index is 0.141. The number of carbonyl (C=O) groups is 1. The van der Waals surface area contributed by atoms with Crippen LogP contribution in [0.3, 0.4) is 0 Å². The summed E-state index contributed by atoms with van der Waals surface area (Å²) in [4.78, 5) is 11.6. The molecule has 1 atom stereocenters. The summed E-state index contributed by atoms with van der Waals surface area (Å²) >= 11 is 0. The van der Waals surface area contributed by atoms with Crippen molar-refractivity contribution in [2.45, 2.75) is 13.0 Å². The van der Waals surface area contributed by atoms with Gasteiger partial charge in [-0.15, -0.1) is 0 Å². The van der Waals surface area contributed by atoms with Crippen LogP contribution < -0.4 is 11.1 Å². The molecule has 0 saturated heterocycles. The van der Waals surface area contributed by atoms with E-state index in [1.165, 1.54) is 30.3 Å². The molecule has 2 aromatic rings. The average molecular weight is 276 g/mol. The summed E-state index contributed by atoms with van der Waals surface area (Å²) in [6.45, 7) is 1.78. The minimum atomic E-state index is -1.06. The van der Waals surface area contributed by atoms with Crippen LogP contribution in [0.25, 0.3) is 0 Å². The molecule has 1 amide bonds. The Kier molecular flexibility index (Phi) is 3.98. The average Bonchev–Trinajstić information content (AvgIpc) is 2.39. The van der Waals surface area contributed by atoms with Crippen LogP contribution in [0.15, 0.2) is 42.5 Å². The summed E-state index contributed by atoms with van der Waals surface area (Å²) < 4.78 is 27.0. The van der Waals surface area contributed by atoms with Crippen molar-refractivity contribution >= 4 is 11.6 Å². The first kappa shape index (κ1) is 14.0. The number of rotatable bonds is 4. The van der Waals surface area contributed by atoms with Crippen molar-refractivity contribution in [2.24, 2.45) is 5.73 Å². The van der Waals surface area contributed by atoms with Gasteiger partial charge in [-0.3, -0.25) is 4.79 Å². The molecule has 0 saturated carbocycles. The Morgan fingerprint density at radius 3 is 2.60 bits per heavy atom. The fourth-order valence-electron chi connectivity index (χ4n) is 1.93. The summed E-state index contributed by atoms with van der Waals surface area (Å²) in [5.41, 5.74) is 6.61. The third-order valence-corrected chi connectivity index (χ3v) is 2.88. The molecule has 3 N–H and O–H groups in total. The van der Waals surface area contributed by atoms with Crippen molar-refractivity contribution in [3.63, 3.8) is 0 Å². The first-order chi connectivity index (χ1) is 9.47. The molecule has 104 valence electrons. The van der Waals surface area contributed by atoms with Gasteiger partial charge in [-0.25, -0.2) is 8.78 Å². The lowest BCUT2D eigenvalue weighted by atomic mass is 10.0. The van der Waals surface area contributed by atoms with E-state index in [-0.39, 0.29) is 5.56 Å². The molecule has 0 aliphatic rings. The molecule has 5 heteroatoms. The number of nitrogens with one attached hydrogen (secondary N) is 1. The molecule has 0 aliphatic carbocycles. The highest BCUT2D eigenvalue weighted by Crippen LogP contribution is 2.23. The van der Waals surface area contributed by atoms with Crippen molar-refractivity contribution < 1.29 is 13.6 Å². The van der Waals surface area contributed by atoms with Gasteiger partial charge in [0, 0.05) is 11.3 Å². The number of hydrogen-bond acceptors (Lipinski definition) is 2. The zero-order valence-corrected chi connectivity index (χ0v) is 10.9. The van der Waals surface area contributed by atoms with Gasteiger partial charge in [-0.05, 0) is 31.2 Å². The lowest BCUT2D eigenvalue weighted by molar-refractivity contribution is -0.118. The summed E-state index contributed by atoms with van der Waals surface area (Å²) in [5, 5.41) is 2.75. The van der Waals surface area contributed by atoms with Gasteiger partial charge in [0.15, 0.2) is 0 Å². The molecule has 0 spiro atoms. The fraction of sp³-hybridized carbons (Fsp3) is 0.133. The molecular formula is C15H14F2N2O. The summed E-state index contributed by atoms with van der Waals surface area (Å²) in [6.07, 6.45) is 0. The van der Waals surface area contributed by atoms with Crippen LogP contribution >= 0.6 is 0 Å². The number of primary amides is 1. The van der Waals surface area contributed by atoms with Gasteiger partial charge in [0.2, 0.25) is 5.91 Å². The second-order valence-electron chi connectivity index (χ2n) is 4.52. The van der Waals surface area contributed by atoms with E-state index in [4.69, 9.17) is 5.73 Å². The highest BCUT2D eigenvalue weighted by Gasteiger charge is 2.21. The zero-order chi connectivity index (χ0) is 14.7. The van der Waals surface area contributed by atoms with E-state index in [0.29, 0.717) is 5.69 Å². The summed E-state index contributed by atoms with van der Waals surface area (Å²) in [5.74, 6) is -1.73. The lowest BCUT2D eigenvalue weighted by Crippen LogP contribution is -2.28. The molecule has 0 aromatic heterocycles. The highest BCUT2D eigenvalue weighted by atomic mass is 19.1. The minimum Gasteiger partial charge on any atom is -0.370 e. The van der Waals surface area contributed by atoms with Crippen LogP contribution in [0.5, 0.6) is 0 Å². The molecule has 0 bridgehead atoms. The molecule has 0 radical (unpaired) electrons. The van der Waals surface area contributed by atoms with Crippen LogP contribution in [0, 0.1) is 18.6 Å². The van der Waals surface area contributed by atoms with Crippen molar-refractivity contribution in [3.8, 4) is 0 Å². The normalized spacial score (nSPS) is 11.9. The Labute approximate surface area is 115 Å². The molecular weight excluding hydrogens is 262 g/mol. The van der Waals surface area contributed by atoms with E-state index in [9.17, 15) is 13.6 Å². The van der Waals surface area contributed by atoms with Gasteiger partial charge < -0.3 is 11.1 Å². The number of anilines is 1. The van der Waals surface area contributed by atoms with Crippen LogP contribution in [-0.2, 0) is 4.79 Å². The molecule has 1 unspecified atom stereocenters. The molecule has 2 aromatic carbocycles. The van der Waals surface area contributed by atoms with Gasteiger partial charge in [0.1, 0.15) is 17.7 Å². The summed E-state index contributed by atoms with van der Waals surface area (Å²) in [7, 11) is 0. The van der Waals surface area contributed by atoms with E-state index < -0.39 is 23.6 Å². The standard InChI is InChI=1S/C15H14F2N2O/c1-9-5-6-13(17)12(7-9)14(15(18)20)19-11-4-2-3-10(16)8-11/h2-8,14,19H,1H3,(H2,18,20). The molecule has 0 heterocycles. The second kappa shape index (κ2) is 5.69. The predicted octanol–water partition coefficient (Wildman–Crippen LogP) is 2.91. The fourth-order valence-corrected chi connectivity index (χ4v) is 1.93. The monoisotopic (exact) mass is 276 g/mol. The Morgan fingerprint density at radius 1 is 1.20 bits per heavy atom. The van der Waals surface area contributed by atoms with Crippen LogP contribution in [0.4, 0.5) is 14.5 Å². The maximum absolute atomic E-state index is 13.8. The molecule has 3 nitrogen and oxygen atoms in total. The van der Waals surface area contributed by atoms with Crippen LogP contribution in [0.2, 0.25) is 0 Å². The number of hydrogen-bond donors (Lipinski definition) is 2. The molecule has 20 heavy (non-hydrogen) atoms. The first-order valence-corrected chi connectivity index (χ1v) is 6.05. The van der Waals surface area contributed by atoms with E-state index in [1.54, 1.807) is 19.1 Å². The van der Waals surface area contributed by atoms with Gasteiger partial charge in [-0.1, -0.05) is 23.8 Å². The molecule has 0 fully saturated rings. The Morgan fingerprint density at radius 2 is 1.95 bits per heavy atom. The molecule has 0 aliphatic heterocycles. The number of carbonyl (C=O) groups excluding carboxylic acids is 1. The first-order valence-electron chi connectivity index (χ1n) is 6.05. The van der Waals surface area contributed by atoms with Crippen molar-refractivity contribution in [3.05, 3.63) is 65.2 Å². The Hall–Kier alpha value is -2.43. The third-order valence-electron chi connectivity index (χ3n) is 2.88. The predicted molar refractivity (Wildman–Crippen MR) is 73.1 cm³/mol. The summed E-state index contributed by atoms with van der Waals surface area (Å²) in [6, 6.07) is 8.90. The van der Waals surface area contributed by atoms with Gasteiger partial charge in [-0.2, -0.15) is 0 Å². The largest absolute Gasteiger partial charge is 0.370 e. The topological polar surface area (TPSA) is 55.1 Å². The van der Waals surface area contributed by atoms with Crippen LogP contribution in [-0.4, -0.2) is 5.91 Å². The number of aryl methyl sites for hydroxylation is 1. The van der Waals surface area contributed by atoms with Gasteiger partial charge in [0.25, 0.3) is 0 Å². The zero-order valence-electron chi connectivity index (χ0n) is 10.9. The van der Waals surface area contributed by atoms with Crippen molar-refractivity contribution in [2.75, 3.05) is 5.32 Å². The number of halogens is 2. The lowest BCUT2D eigenvalue weighted by Gasteiger charge is -2.18. The highest BCUT2D eigenvalue weighted by molar-refractivity contribution is 5.84. The van der Waals surface area contributed by atoms with Crippen molar-refractivity contribution in [1.29, 1.82) is 0 Å². The van der Waals surface area contributed by atoms with Crippen LogP contribution in [0.1, 0.15) is 17.2 Å². The number of amides is 1.